The van der Waals surface area contributed by atoms with Gasteiger partial charge in [0.1, 0.15) is 22.1 Å². The predicted molar refractivity (Wildman–Crippen MR) is 422 cm³/mol. The van der Waals surface area contributed by atoms with E-state index in [1.807, 2.05) is 0 Å². The summed E-state index contributed by atoms with van der Waals surface area (Å²) in [7, 11) is 0. The molecule has 2 aliphatic carbocycles. The van der Waals surface area contributed by atoms with Crippen molar-refractivity contribution >= 4 is 112 Å². The van der Waals surface area contributed by atoms with Gasteiger partial charge in [-0.05, 0) is 193 Å². The summed E-state index contributed by atoms with van der Waals surface area (Å²) in [5.41, 5.74) is 26.7. The van der Waals surface area contributed by atoms with Gasteiger partial charge in [-0.3, -0.25) is 0 Å². The van der Waals surface area contributed by atoms with Gasteiger partial charge in [0.05, 0.1) is 45.2 Å². The quantitative estimate of drug-likeness (QED) is 0.108. The molecule has 4 heterocycles. The lowest BCUT2D eigenvalue weighted by atomic mass is 9.84. The number of fused-ring (bicyclic) bond motifs is 8. The Morgan fingerprint density at radius 3 is 0.970 bits per heavy atom. The third-order valence-electron chi connectivity index (χ3n) is 21.5. The molecule has 0 N–H and O–H groups in total. The molecule has 0 aliphatic heterocycles. The maximum Gasteiger partial charge on any atom is 0.115 e. The van der Waals surface area contributed by atoms with Crippen LogP contribution in [0.3, 0.4) is 0 Å². The van der Waals surface area contributed by atoms with E-state index in [-0.39, 0.29) is 0 Å². The van der Waals surface area contributed by atoms with E-state index >= 15 is 0 Å². The Bertz CT molecular complexity index is 5520. The standard InChI is InChI=1S/C92H72N8S/c1-9-25-61(26-10-1)67-45-53-81-77(57-67)79-59-75(51-55-83(79)99(81)71-37-21-7-22-38-71)97(69-33-17-5-18-34-69)73-47-41-63(42-48-73)85-89-90(94-88(66-31-15-4-16-32-66)87(93-89)65-29-13-3-14-30-65)86(92-91(85)95-101-96-92)64-43-49-74(50-44-64)98(70-35-19-6-20-36-70)76-52-56-84-80(60-76)78-58-68(62-27-11-2-12-28-62)46-54-82(78)100(84)72-39-23-8-24-40-72/h3-8,13-24,29-62H,1-2,9-12,25-28H2. The number of aromatic nitrogens is 6. The van der Waals surface area contributed by atoms with Crippen molar-refractivity contribution < 1.29 is 0 Å². The smallest absolute Gasteiger partial charge is 0.115 e. The molecule has 0 saturated heterocycles. The van der Waals surface area contributed by atoms with E-state index in [0.717, 1.165) is 112 Å². The number of hydrogen-bond donors (Lipinski definition) is 0. The molecule has 0 bridgehead atoms. The minimum atomic E-state index is 0.584. The molecule has 9 heteroatoms. The fourth-order valence-corrected chi connectivity index (χ4v) is 17.3. The molecule has 13 aromatic carbocycles. The van der Waals surface area contributed by atoms with E-state index in [2.05, 4.69) is 322 Å². The Labute approximate surface area is 592 Å². The summed E-state index contributed by atoms with van der Waals surface area (Å²) in [4.78, 5) is 16.5. The van der Waals surface area contributed by atoms with Crippen molar-refractivity contribution in [3.05, 3.63) is 314 Å². The molecule has 2 fully saturated rings. The van der Waals surface area contributed by atoms with Crippen LogP contribution in [0, 0.1) is 0 Å². The third kappa shape index (κ3) is 10.8. The van der Waals surface area contributed by atoms with E-state index in [0.29, 0.717) is 11.8 Å². The van der Waals surface area contributed by atoms with Gasteiger partial charge in [0.2, 0.25) is 0 Å². The van der Waals surface area contributed by atoms with Crippen molar-refractivity contribution in [3.8, 4) is 56.1 Å². The molecule has 486 valence electrons. The van der Waals surface area contributed by atoms with Crippen LogP contribution in [0.1, 0.15) is 87.2 Å². The van der Waals surface area contributed by atoms with Crippen LogP contribution in [0.15, 0.2) is 303 Å². The summed E-state index contributed by atoms with van der Waals surface area (Å²) in [5.74, 6) is 1.17. The Hall–Kier alpha value is -11.8. The van der Waals surface area contributed by atoms with Gasteiger partial charge in [-0.2, -0.15) is 8.75 Å². The molecule has 4 aromatic heterocycles. The van der Waals surface area contributed by atoms with Crippen LogP contribution < -0.4 is 9.80 Å². The van der Waals surface area contributed by atoms with Gasteiger partial charge in [0.15, 0.2) is 0 Å². The molecule has 0 amide bonds. The van der Waals surface area contributed by atoms with Crippen LogP contribution in [0.5, 0.6) is 0 Å². The lowest BCUT2D eigenvalue weighted by Crippen LogP contribution is -2.10. The van der Waals surface area contributed by atoms with Crippen LogP contribution in [0.2, 0.25) is 0 Å². The van der Waals surface area contributed by atoms with Gasteiger partial charge in [0.25, 0.3) is 0 Å². The Morgan fingerprint density at radius 2 is 0.594 bits per heavy atom. The van der Waals surface area contributed by atoms with Gasteiger partial charge in [-0.1, -0.05) is 208 Å². The molecule has 2 aliphatic rings. The normalized spacial score (nSPS) is 13.9. The highest BCUT2D eigenvalue weighted by molar-refractivity contribution is 7.00. The van der Waals surface area contributed by atoms with Crippen molar-refractivity contribution in [3.63, 3.8) is 0 Å². The first-order valence-electron chi connectivity index (χ1n) is 35.9. The van der Waals surface area contributed by atoms with Crippen molar-refractivity contribution in [1.29, 1.82) is 0 Å². The molecule has 0 radical (unpaired) electrons. The highest BCUT2D eigenvalue weighted by Crippen LogP contribution is 2.49. The lowest BCUT2D eigenvalue weighted by molar-refractivity contribution is 0.444. The zero-order chi connectivity index (χ0) is 66.7. The molecule has 0 atom stereocenters. The molecule has 2 saturated carbocycles. The summed E-state index contributed by atoms with van der Waals surface area (Å²) in [5, 5.41) is 5.03. The van der Waals surface area contributed by atoms with E-state index in [9.17, 15) is 0 Å². The van der Waals surface area contributed by atoms with Gasteiger partial charge in [-0.25, -0.2) is 9.97 Å². The van der Waals surface area contributed by atoms with Gasteiger partial charge in [-0.15, -0.1) is 0 Å². The van der Waals surface area contributed by atoms with Crippen LogP contribution in [-0.4, -0.2) is 27.8 Å². The van der Waals surface area contributed by atoms with Gasteiger partial charge in [0, 0.05) is 89.3 Å². The fourth-order valence-electron chi connectivity index (χ4n) is 16.7. The van der Waals surface area contributed by atoms with Crippen molar-refractivity contribution in [2.75, 3.05) is 9.80 Å². The molecule has 17 aromatic rings. The average Bonchev–Trinajstić information content (AvgIpc) is 1.66. The van der Waals surface area contributed by atoms with E-state index in [4.69, 9.17) is 18.7 Å². The largest absolute Gasteiger partial charge is 0.310 e. The summed E-state index contributed by atoms with van der Waals surface area (Å²) in [6.45, 7) is 0. The summed E-state index contributed by atoms with van der Waals surface area (Å²) in [6, 6.07) is 111. The minimum Gasteiger partial charge on any atom is -0.310 e. The molecule has 101 heavy (non-hydrogen) atoms. The molecule has 19 rings (SSSR count). The third-order valence-corrected chi connectivity index (χ3v) is 22.1. The van der Waals surface area contributed by atoms with Crippen molar-refractivity contribution in [2.24, 2.45) is 0 Å². The van der Waals surface area contributed by atoms with Crippen LogP contribution in [0.25, 0.3) is 122 Å². The second kappa shape index (κ2) is 25.8. The molecule has 0 unspecified atom stereocenters. The molecule has 8 nitrogen and oxygen atoms in total. The van der Waals surface area contributed by atoms with Gasteiger partial charge < -0.3 is 18.9 Å². The second-order valence-corrected chi connectivity index (χ2v) is 28.0. The summed E-state index contributed by atoms with van der Waals surface area (Å²) in [6.07, 6.45) is 12.8. The zero-order valence-corrected chi connectivity index (χ0v) is 56.9. The first kappa shape index (κ1) is 60.4. The summed E-state index contributed by atoms with van der Waals surface area (Å²) < 4.78 is 15.4. The zero-order valence-electron chi connectivity index (χ0n) is 56.1. The predicted octanol–water partition coefficient (Wildman–Crippen LogP) is 25.5. The molecule has 0 spiro atoms. The van der Waals surface area contributed by atoms with E-state index in [1.54, 1.807) is 0 Å². The Morgan fingerprint density at radius 1 is 0.277 bits per heavy atom. The lowest BCUT2D eigenvalue weighted by Gasteiger charge is -2.26. The minimum absolute atomic E-state index is 0.584. The SMILES string of the molecule is c1ccc(-c2nc3c(-c4ccc(N(c5ccccc5)c5ccc6c(c5)c5cc(C7CCCCC7)ccc5n6-c5ccccc5)cc4)c4nsnc4c(-c4ccc(N(c5ccccc5)c5ccc6c(c5)c5cc(C7CCCCC7)ccc5n6-c5ccccc5)cc4)c3nc2-c2ccccc2)cc1. The maximum absolute atomic E-state index is 5.86. The number of anilines is 6. The number of nitrogens with zero attached hydrogens (tertiary/aromatic N) is 8. The van der Waals surface area contributed by atoms with Crippen molar-refractivity contribution in [1.82, 2.24) is 27.8 Å². The Balaban J connectivity index is 0.761. The maximum atomic E-state index is 5.86. The van der Waals surface area contributed by atoms with Crippen LogP contribution >= 0.6 is 11.7 Å². The Kier molecular flexibility index (Phi) is 15.4. The van der Waals surface area contributed by atoms with E-state index in [1.165, 1.54) is 131 Å². The second-order valence-electron chi connectivity index (χ2n) is 27.5. The topological polar surface area (TPSA) is 67.9 Å². The highest BCUT2D eigenvalue weighted by atomic mass is 32.1. The average molecular weight is 1320 g/mol. The molecular weight excluding hydrogens is 1250 g/mol. The monoisotopic (exact) mass is 1320 g/mol. The van der Waals surface area contributed by atoms with Crippen molar-refractivity contribution in [2.45, 2.75) is 76.0 Å². The number of para-hydroxylation sites is 4. The number of benzene rings is 13. The fraction of sp³-hybridized carbons (Fsp3) is 0.130. The first-order valence-corrected chi connectivity index (χ1v) is 36.6. The number of hydrogen-bond acceptors (Lipinski definition) is 7. The molecular formula is C92H72N8S. The summed E-state index contributed by atoms with van der Waals surface area (Å²) >= 11 is 1.23. The highest BCUT2D eigenvalue weighted by Gasteiger charge is 2.28. The van der Waals surface area contributed by atoms with Gasteiger partial charge >= 0.3 is 0 Å². The van der Waals surface area contributed by atoms with Crippen LogP contribution in [0.4, 0.5) is 34.1 Å². The number of rotatable bonds is 14. The van der Waals surface area contributed by atoms with Crippen LogP contribution in [-0.2, 0) is 0 Å². The first-order chi connectivity index (χ1) is 50.1. The van der Waals surface area contributed by atoms with E-state index < -0.39 is 0 Å².